The molecule has 0 saturated heterocycles. The van der Waals surface area contributed by atoms with E-state index in [1.165, 1.54) is 0 Å². The van der Waals surface area contributed by atoms with Crippen LogP contribution in [0.25, 0.3) is 10.8 Å². The first-order valence-corrected chi connectivity index (χ1v) is 6.57. The Labute approximate surface area is 106 Å². The molecule has 2 rings (SSSR count). The van der Waals surface area contributed by atoms with Gasteiger partial charge in [0.15, 0.2) is 0 Å². The molecular weight excluding hydrogens is 307 g/mol. The van der Waals surface area contributed by atoms with Gasteiger partial charge in [-0.15, -0.1) is 4.89 Å². The van der Waals surface area contributed by atoms with Gasteiger partial charge in [-0.05, 0) is 32.8 Å². The predicted octanol–water partition coefficient (Wildman–Crippen LogP) is 3.41. The van der Waals surface area contributed by atoms with Crippen molar-refractivity contribution in [2.24, 2.45) is 0 Å². The van der Waals surface area contributed by atoms with Crippen LogP contribution in [0, 0.1) is 0 Å². The summed E-state index contributed by atoms with van der Waals surface area (Å²) in [5.41, 5.74) is 0.223. The molecule has 1 atom stereocenters. The Balaban J connectivity index is 2.52. The lowest BCUT2D eigenvalue weighted by Gasteiger charge is -2.03. The number of carbonyl (C=O) groups is 1. The molecule has 17 heavy (non-hydrogen) atoms. The third-order valence-corrected chi connectivity index (χ3v) is 3.42. The van der Waals surface area contributed by atoms with E-state index in [1.807, 2.05) is 24.3 Å². The number of rotatable bonds is 2. The number of benzene rings is 2. The van der Waals surface area contributed by atoms with Gasteiger partial charge in [0.05, 0.1) is 5.56 Å². The van der Waals surface area contributed by atoms with E-state index in [4.69, 9.17) is 4.89 Å². The SMILES string of the molecule is O=C(O[P+](=O)O)c1ccc2ccccc2c1Br. The average molecular weight is 314 g/mol. The molecule has 4 nitrogen and oxygen atoms in total. The molecule has 0 aromatic heterocycles. The van der Waals surface area contributed by atoms with Gasteiger partial charge in [-0.2, -0.15) is 4.52 Å². The minimum absolute atomic E-state index is 0.223. The average Bonchev–Trinajstić information content (AvgIpc) is 2.28. The standard InChI is InChI=1S/C11H6BrO4P/c12-10-8-4-2-1-3-7(8)5-6-9(10)11(13)16-17(14)15/h1-6H/p+1. The predicted molar refractivity (Wildman–Crippen MR) is 66.9 cm³/mol. The second kappa shape index (κ2) is 4.92. The fourth-order valence-electron chi connectivity index (χ4n) is 1.51. The maximum Gasteiger partial charge on any atom is 0.750 e. The van der Waals surface area contributed by atoms with Gasteiger partial charge < -0.3 is 0 Å². The van der Waals surface area contributed by atoms with Gasteiger partial charge in [-0.25, -0.2) is 4.79 Å². The van der Waals surface area contributed by atoms with Gasteiger partial charge in [0.1, 0.15) is 0 Å². The lowest BCUT2D eigenvalue weighted by molar-refractivity contribution is 0.0730. The summed E-state index contributed by atoms with van der Waals surface area (Å²) in [5.74, 6) is -0.828. The fourth-order valence-corrected chi connectivity index (χ4v) is 2.41. The normalized spacial score (nSPS) is 11.3. The van der Waals surface area contributed by atoms with E-state index in [0.717, 1.165) is 10.8 Å². The summed E-state index contributed by atoms with van der Waals surface area (Å²) in [7, 11) is -2.94. The van der Waals surface area contributed by atoms with Crippen LogP contribution in [-0.4, -0.2) is 10.9 Å². The van der Waals surface area contributed by atoms with Gasteiger partial charge in [0.25, 0.3) is 0 Å². The second-order valence-corrected chi connectivity index (χ2v) is 4.72. The van der Waals surface area contributed by atoms with Crippen LogP contribution in [0.4, 0.5) is 0 Å². The highest BCUT2D eigenvalue weighted by atomic mass is 79.9. The molecule has 86 valence electrons. The lowest BCUT2D eigenvalue weighted by Crippen LogP contribution is -2.01. The summed E-state index contributed by atoms with van der Waals surface area (Å²) in [6, 6.07) is 10.8. The molecule has 0 fully saturated rings. The fraction of sp³-hybridized carbons (Fsp3) is 0. The topological polar surface area (TPSA) is 63.6 Å². The van der Waals surface area contributed by atoms with Gasteiger partial charge >= 0.3 is 14.2 Å². The minimum atomic E-state index is -2.94. The molecule has 0 heterocycles. The zero-order chi connectivity index (χ0) is 12.4. The maximum atomic E-state index is 11.5. The van der Waals surface area contributed by atoms with Crippen LogP contribution >= 0.6 is 24.2 Å². The van der Waals surface area contributed by atoms with E-state index < -0.39 is 14.2 Å². The van der Waals surface area contributed by atoms with Crippen molar-refractivity contribution in [3.05, 3.63) is 46.4 Å². The van der Waals surface area contributed by atoms with E-state index in [9.17, 15) is 9.36 Å². The highest BCUT2D eigenvalue weighted by molar-refractivity contribution is 9.10. The van der Waals surface area contributed by atoms with Crippen LogP contribution in [0.2, 0.25) is 0 Å². The number of carbonyl (C=O) groups excluding carboxylic acids is 1. The number of halogens is 1. The monoisotopic (exact) mass is 313 g/mol. The van der Waals surface area contributed by atoms with Crippen molar-refractivity contribution in [2.75, 3.05) is 0 Å². The molecule has 0 aliphatic carbocycles. The summed E-state index contributed by atoms with van der Waals surface area (Å²) in [6.07, 6.45) is 0. The Morgan fingerprint density at radius 2 is 1.94 bits per heavy atom. The third-order valence-electron chi connectivity index (χ3n) is 2.24. The quantitative estimate of drug-likeness (QED) is 0.863. The molecule has 0 spiro atoms. The van der Waals surface area contributed by atoms with Crippen molar-refractivity contribution in [2.45, 2.75) is 0 Å². The third kappa shape index (κ3) is 2.52. The highest BCUT2D eigenvalue weighted by Crippen LogP contribution is 2.30. The summed E-state index contributed by atoms with van der Waals surface area (Å²) < 4.78 is 15.3. The van der Waals surface area contributed by atoms with E-state index in [-0.39, 0.29) is 5.56 Å². The van der Waals surface area contributed by atoms with E-state index >= 15 is 0 Å². The maximum absolute atomic E-state index is 11.5. The van der Waals surface area contributed by atoms with Crippen LogP contribution < -0.4 is 0 Å². The zero-order valence-corrected chi connectivity index (χ0v) is 10.9. The number of fused-ring (bicyclic) bond motifs is 1. The smallest absolute Gasteiger partial charge is 0.241 e. The summed E-state index contributed by atoms with van der Waals surface area (Å²) >= 11 is 3.30. The van der Waals surface area contributed by atoms with Gasteiger partial charge in [-0.3, -0.25) is 0 Å². The molecule has 2 aromatic carbocycles. The highest BCUT2D eigenvalue weighted by Gasteiger charge is 2.24. The molecule has 2 aromatic rings. The molecule has 0 bridgehead atoms. The van der Waals surface area contributed by atoms with Crippen molar-refractivity contribution >= 4 is 40.9 Å². The Morgan fingerprint density at radius 1 is 1.24 bits per heavy atom. The molecular formula is C11H7BrO4P+. The van der Waals surface area contributed by atoms with Crippen LogP contribution in [0.3, 0.4) is 0 Å². The molecule has 6 heteroatoms. The van der Waals surface area contributed by atoms with Crippen molar-refractivity contribution in [1.29, 1.82) is 0 Å². The molecule has 1 N–H and O–H groups in total. The van der Waals surface area contributed by atoms with Gasteiger partial charge in [0.2, 0.25) is 0 Å². The van der Waals surface area contributed by atoms with E-state index in [1.54, 1.807) is 12.1 Å². The van der Waals surface area contributed by atoms with Crippen molar-refractivity contribution in [3.63, 3.8) is 0 Å². The summed E-state index contributed by atoms with van der Waals surface area (Å²) in [6.45, 7) is 0. The van der Waals surface area contributed by atoms with Gasteiger partial charge in [-0.1, -0.05) is 30.3 Å². The number of hydrogen-bond donors (Lipinski definition) is 1. The minimum Gasteiger partial charge on any atom is -0.241 e. The Morgan fingerprint density at radius 3 is 2.65 bits per heavy atom. The molecule has 0 aliphatic heterocycles. The molecule has 0 amide bonds. The zero-order valence-electron chi connectivity index (χ0n) is 8.46. The first kappa shape index (κ1) is 12.2. The lowest BCUT2D eigenvalue weighted by atomic mass is 10.1. The Kier molecular flexibility index (Phi) is 3.52. The molecule has 0 saturated carbocycles. The second-order valence-electron chi connectivity index (χ2n) is 3.26. The summed E-state index contributed by atoms with van der Waals surface area (Å²) in [5, 5.41) is 1.81. The van der Waals surface area contributed by atoms with Crippen molar-refractivity contribution in [1.82, 2.24) is 0 Å². The molecule has 0 radical (unpaired) electrons. The number of hydrogen-bond acceptors (Lipinski definition) is 3. The van der Waals surface area contributed by atoms with E-state index in [0.29, 0.717) is 4.47 Å². The molecule has 1 unspecified atom stereocenters. The summed E-state index contributed by atoms with van der Waals surface area (Å²) in [4.78, 5) is 20.1. The van der Waals surface area contributed by atoms with Crippen LogP contribution in [-0.2, 0) is 9.09 Å². The van der Waals surface area contributed by atoms with Crippen molar-refractivity contribution in [3.8, 4) is 0 Å². The largest absolute Gasteiger partial charge is 0.750 e. The van der Waals surface area contributed by atoms with Crippen LogP contribution in [0.5, 0.6) is 0 Å². The first-order chi connectivity index (χ1) is 8.09. The van der Waals surface area contributed by atoms with E-state index in [2.05, 4.69) is 20.5 Å². The first-order valence-electron chi connectivity index (χ1n) is 4.65. The van der Waals surface area contributed by atoms with Gasteiger partial charge in [0, 0.05) is 9.04 Å². The Bertz CT molecular complexity index is 611. The van der Waals surface area contributed by atoms with Crippen molar-refractivity contribution < 1.29 is 18.8 Å². The Hall–Kier alpha value is -1.29. The van der Waals surface area contributed by atoms with Crippen LogP contribution in [0.15, 0.2) is 40.9 Å². The van der Waals surface area contributed by atoms with Crippen LogP contribution in [0.1, 0.15) is 10.4 Å². The molecule has 0 aliphatic rings.